The summed E-state index contributed by atoms with van der Waals surface area (Å²) in [5.41, 5.74) is 6.82. The van der Waals surface area contributed by atoms with Gasteiger partial charge in [-0.1, -0.05) is 58.0 Å². The maximum atomic E-state index is 3.92. The minimum atomic E-state index is -1.30. The highest BCUT2D eigenvalue weighted by Crippen LogP contribution is 2.47. The zero-order chi connectivity index (χ0) is 14.0. The third kappa shape index (κ3) is 3.62. The van der Waals surface area contributed by atoms with Crippen molar-refractivity contribution in [2.24, 2.45) is 11.3 Å². The molecule has 18 heavy (non-hydrogen) atoms. The summed E-state index contributed by atoms with van der Waals surface area (Å²) in [5.74, 6) is 4.20. The molecule has 0 radical (unpaired) electrons. The Balaban J connectivity index is 3.20. The predicted octanol–water partition coefficient (Wildman–Crippen LogP) is 5.20. The Labute approximate surface area is 115 Å². The van der Waals surface area contributed by atoms with Crippen LogP contribution in [0.4, 0.5) is 0 Å². The lowest BCUT2D eigenvalue weighted by Crippen LogP contribution is -2.18. The predicted molar refractivity (Wildman–Crippen MR) is 85.1 cm³/mol. The largest absolute Gasteiger partial charge is 0.129 e. The van der Waals surface area contributed by atoms with Crippen LogP contribution in [-0.2, 0) is 0 Å². The summed E-state index contributed by atoms with van der Waals surface area (Å²) < 4.78 is 0. The summed E-state index contributed by atoms with van der Waals surface area (Å²) in [5, 5.41) is 0. The van der Waals surface area contributed by atoms with Crippen molar-refractivity contribution in [1.82, 2.24) is 0 Å². The van der Waals surface area contributed by atoms with E-state index in [2.05, 4.69) is 64.5 Å². The van der Waals surface area contributed by atoms with Gasteiger partial charge >= 0.3 is 0 Å². The molecule has 0 N–H and O–H groups in total. The van der Waals surface area contributed by atoms with Crippen LogP contribution in [0.5, 0.6) is 0 Å². The fourth-order valence-electron chi connectivity index (χ4n) is 2.63. The summed E-state index contributed by atoms with van der Waals surface area (Å²) in [4.78, 5) is 0. The Morgan fingerprint density at radius 1 is 1.39 bits per heavy atom. The quantitative estimate of drug-likeness (QED) is 0.372. The molecule has 0 saturated heterocycles. The van der Waals surface area contributed by atoms with Gasteiger partial charge in [-0.05, 0) is 25.2 Å². The van der Waals surface area contributed by atoms with Gasteiger partial charge in [0.1, 0.15) is 8.07 Å². The molecule has 1 rings (SSSR count). The molecule has 1 atom stereocenters. The number of hydrogen-bond acceptors (Lipinski definition) is 0. The van der Waals surface area contributed by atoms with Crippen LogP contribution in [0.2, 0.25) is 19.6 Å². The van der Waals surface area contributed by atoms with Crippen LogP contribution in [0.1, 0.15) is 40.0 Å². The van der Waals surface area contributed by atoms with Crippen LogP contribution in [0.25, 0.3) is 0 Å². The molecule has 0 amide bonds. The van der Waals surface area contributed by atoms with E-state index in [1.807, 2.05) is 0 Å². The molecule has 0 aromatic carbocycles. The van der Waals surface area contributed by atoms with Crippen molar-refractivity contribution < 1.29 is 0 Å². The molecule has 1 aliphatic rings. The number of allylic oxidation sites excluding steroid dienone is 3. The Hall–Kier alpha value is -0.743. The minimum Gasteiger partial charge on any atom is -0.127 e. The van der Waals surface area contributed by atoms with E-state index < -0.39 is 8.07 Å². The van der Waals surface area contributed by atoms with Crippen molar-refractivity contribution in [3.8, 4) is 11.5 Å². The average molecular weight is 260 g/mol. The molecule has 0 heterocycles. The summed E-state index contributed by atoms with van der Waals surface area (Å²) >= 11 is 0. The molecule has 1 aliphatic carbocycles. The van der Waals surface area contributed by atoms with Gasteiger partial charge in [-0.15, -0.1) is 12.1 Å². The van der Waals surface area contributed by atoms with E-state index >= 15 is 0 Å². The van der Waals surface area contributed by atoms with Gasteiger partial charge in [0.05, 0.1) is 0 Å². The lowest BCUT2D eigenvalue weighted by molar-refractivity contribution is 0.410. The second-order valence-electron chi connectivity index (χ2n) is 7.11. The van der Waals surface area contributed by atoms with Crippen molar-refractivity contribution in [3.63, 3.8) is 0 Å². The standard InChI is InChI=1S/C17H28Si/c1-8-11-17(4)12-9-15(14(2)3)16(17)10-13-18(5,6)7/h8,14H,1,9,11-12H2,2-7H3/t17-/m0/s1. The van der Waals surface area contributed by atoms with E-state index in [4.69, 9.17) is 0 Å². The lowest BCUT2D eigenvalue weighted by Gasteiger charge is -2.24. The zero-order valence-electron chi connectivity index (χ0n) is 13.0. The molecule has 0 spiro atoms. The fraction of sp³-hybridized carbons (Fsp3) is 0.647. The zero-order valence-corrected chi connectivity index (χ0v) is 14.0. The molecule has 1 heteroatoms. The fourth-order valence-corrected chi connectivity index (χ4v) is 3.13. The summed E-state index contributed by atoms with van der Waals surface area (Å²) in [7, 11) is -1.30. The van der Waals surface area contributed by atoms with Crippen LogP contribution in [0, 0.1) is 22.8 Å². The Morgan fingerprint density at radius 2 is 2.00 bits per heavy atom. The molecule has 0 bridgehead atoms. The van der Waals surface area contributed by atoms with E-state index in [0.717, 1.165) is 6.42 Å². The third-order valence-electron chi connectivity index (χ3n) is 3.73. The van der Waals surface area contributed by atoms with Crippen molar-refractivity contribution in [2.45, 2.75) is 59.7 Å². The lowest BCUT2D eigenvalue weighted by atomic mass is 9.80. The molecule has 0 aromatic rings. The average Bonchev–Trinajstić information content (AvgIpc) is 2.52. The SMILES string of the molecule is C=CC[C@@]1(C)CCC(C(C)C)=C1C#C[Si](C)(C)C. The number of rotatable bonds is 3. The first-order chi connectivity index (χ1) is 8.19. The topological polar surface area (TPSA) is 0 Å². The molecule has 0 aromatic heterocycles. The van der Waals surface area contributed by atoms with Gasteiger partial charge in [-0.25, -0.2) is 0 Å². The second kappa shape index (κ2) is 5.49. The van der Waals surface area contributed by atoms with Crippen LogP contribution < -0.4 is 0 Å². The van der Waals surface area contributed by atoms with Crippen molar-refractivity contribution in [3.05, 3.63) is 23.8 Å². The van der Waals surface area contributed by atoms with E-state index in [-0.39, 0.29) is 5.41 Å². The normalized spacial score (nSPS) is 24.2. The van der Waals surface area contributed by atoms with Crippen molar-refractivity contribution in [1.29, 1.82) is 0 Å². The molecular weight excluding hydrogens is 232 g/mol. The Bertz CT molecular complexity index is 409. The van der Waals surface area contributed by atoms with Gasteiger partial charge in [0.15, 0.2) is 0 Å². The van der Waals surface area contributed by atoms with Gasteiger partial charge in [-0.3, -0.25) is 0 Å². The van der Waals surface area contributed by atoms with Gasteiger partial charge in [-0.2, -0.15) is 0 Å². The van der Waals surface area contributed by atoms with Gasteiger partial charge in [0.25, 0.3) is 0 Å². The van der Waals surface area contributed by atoms with Gasteiger partial charge in [0, 0.05) is 11.0 Å². The van der Waals surface area contributed by atoms with Crippen molar-refractivity contribution in [2.75, 3.05) is 0 Å². The Morgan fingerprint density at radius 3 is 2.44 bits per heavy atom. The molecule has 0 saturated carbocycles. The molecule has 0 unspecified atom stereocenters. The Kier molecular flexibility index (Phi) is 4.67. The van der Waals surface area contributed by atoms with Crippen LogP contribution in [-0.4, -0.2) is 8.07 Å². The van der Waals surface area contributed by atoms with Gasteiger partial charge in [0.2, 0.25) is 0 Å². The van der Waals surface area contributed by atoms with Gasteiger partial charge < -0.3 is 0 Å². The highest BCUT2D eigenvalue weighted by atomic mass is 28.3. The highest BCUT2D eigenvalue weighted by molar-refractivity contribution is 6.83. The van der Waals surface area contributed by atoms with Crippen LogP contribution in [0.15, 0.2) is 23.8 Å². The van der Waals surface area contributed by atoms with E-state index in [0.29, 0.717) is 5.92 Å². The van der Waals surface area contributed by atoms with E-state index in [1.165, 1.54) is 18.4 Å². The number of hydrogen-bond donors (Lipinski definition) is 0. The monoisotopic (exact) mass is 260 g/mol. The summed E-state index contributed by atoms with van der Waals surface area (Å²) in [6.45, 7) is 17.8. The second-order valence-corrected chi connectivity index (χ2v) is 11.9. The first kappa shape index (κ1) is 15.3. The highest BCUT2D eigenvalue weighted by Gasteiger charge is 2.35. The third-order valence-corrected chi connectivity index (χ3v) is 4.60. The molecular formula is C17H28Si. The van der Waals surface area contributed by atoms with Crippen LogP contribution in [0.3, 0.4) is 0 Å². The van der Waals surface area contributed by atoms with Crippen molar-refractivity contribution >= 4 is 8.07 Å². The summed E-state index contributed by atoms with van der Waals surface area (Å²) in [6, 6.07) is 0. The maximum absolute atomic E-state index is 3.92. The molecule has 0 nitrogen and oxygen atoms in total. The maximum Gasteiger partial charge on any atom is 0.129 e. The first-order valence-electron chi connectivity index (χ1n) is 7.07. The molecule has 0 aliphatic heterocycles. The summed E-state index contributed by atoms with van der Waals surface area (Å²) in [6.07, 6.45) is 5.57. The van der Waals surface area contributed by atoms with Crippen LogP contribution >= 0.6 is 0 Å². The molecule has 0 fully saturated rings. The van der Waals surface area contributed by atoms with E-state index in [9.17, 15) is 0 Å². The molecule has 100 valence electrons. The first-order valence-corrected chi connectivity index (χ1v) is 10.6. The van der Waals surface area contributed by atoms with E-state index in [1.54, 1.807) is 5.57 Å². The minimum absolute atomic E-state index is 0.244. The smallest absolute Gasteiger partial charge is 0.127 e.